The number of nitrogens with one attached hydrogen (secondary N) is 1. The Morgan fingerprint density at radius 3 is 2.45 bits per heavy atom. The van der Waals surface area contributed by atoms with Gasteiger partial charge < -0.3 is 16.0 Å². The first-order valence-corrected chi connectivity index (χ1v) is 7.47. The molecule has 0 aliphatic rings. The highest BCUT2D eigenvalue weighted by molar-refractivity contribution is 5.96. The summed E-state index contributed by atoms with van der Waals surface area (Å²) in [5, 5.41) is 3.27. The molecular weight excluding hydrogens is 276 g/mol. The summed E-state index contributed by atoms with van der Waals surface area (Å²) in [5.41, 5.74) is 9.21. The number of anilines is 2. The highest BCUT2D eigenvalue weighted by Crippen LogP contribution is 2.21. The summed E-state index contributed by atoms with van der Waals surface area (Å²) in [6, 6.07) is 9.29. The standard InChI is InChI=1S/C17H22N4O/c1-3-21(4-2)17(22)14-5-6-16(15(18)11-14)20-12-13-7-9-19-10-8-13/h5-11,20H,3-4,12,18H2,1-2H3. The maximum atomic E-state index is 12.3. The Morgan fingerprint density at radius 2 is 1.86 bits per heavy atom. The molecule has 0 fully saturated rings. The minimum absolute atomic E-state index is 0.0115. The average molecular weight is 298 g/mol. The Balaban J connectivity index is 2.08. The van der Waals surface area contributed by atoms with Crippen molar-refractivity contribution in [2.75, 3.05) is 24.1 Å². The van der Waals surface area contributed by atoms with Gasteiger partial charge in [-0.25, -0.2) is 0 Å². The molecule has 0 unspecified atom stereocenters. The predicted octanol–water partition coefficient (Wildman–Crippen LogP) is 2.76. The summed E-state index contributed by atoms with van der Waals surface area (Å²) >= 11 is 0. The normalized spacial score (nSPS) is 10.3. The van der Waals surface area contributed by atoms with E-state index in [1.165, 1.54) is 0 Å². The fourth-order valence-corrected chi connectivity index (χ4v) is 2.25. The molecule has 116 valence electrons. The number of carbonyl (C=O) groups excluding carboxylic acids is 1. The van der Waals surface area contributed by atoms with Crippen LogP contribution in [-0.2, 0) is 6.54 Å². The van der Waals surface area contributed by atoms with E-state index in [0.717, 1.165) is 11.3 Å². The molecule has 3 N–H and O–H groups in total. The third-order valence-corrected chi connectivity index (χ3v) is 3.58. The highest BCUT2D eigenvalue weighted by Gasteiger charge is 2.13. The smallest absolute Gasteiger partial charge is 0.253 e. The lowest BCUT2D eigenvalue weighted by molar-refractivity contribution is 0.0773. The van der Waals surface area contributed by atoms with Gasteiger partial charge in [-0.1, -0.05) is 0 Å². The van der Waals surface area contributed by atoms with Crippen LogP contribution >= 0.6 is 0 Å². The topological polar surface area (TPSA) is 71.2 Å². The molecule has 0 aliphatic heterocycles. The first kappa shape index (κ1) is 15.8. The van der Waals surface area contributed by atoms with Crippen molar-refractivity contribution >= 4 is 17.3 Å². The van der Waals surface area contributed by atoms with Gasteiger partial charge in [-0.2, -0.15) is 0 Å². The zero-order chi connectivity index (χ0) is 15.9. The number of hydrogen-bond donors (Lipinski definition) is 2. The van der Waals surface area contributed by atoms with Gasteiger partial charge in [0.2, 0.25) is 0 Å². The van der Waals surface area contributed by atoms with Gasteiger partial charge in [0.1, 0.15) is 0 Å². The van der Waals surface area contributed by atoms with Crippen LogP contribution in [0.25, 0.3) is 0 Å². The number of pyridine rings is 1. The Labute approximate surface area is 131 Å². The third kappa shape index (κ3) is 3.75. The zero-order valence-corrected chi connectivity index (χ0v) is 13.0. The van der Waals surface area contributed by atoms with Gasteiger partial charge in [-0.3, -0.25) is 9.78 Å². The minimum atomic E-state index is 0.0115. The van der Waals surface area contributed by atoms with Crippen LogP contribution in [0.5, 0.6) is 0 Å². The maximum Gasteiger partial charge on any atom is 0.253 e. The second-order valence-electron chi connectivity index (χ2n) is 4.99. The lowest BCUT2D eigenvalue weighted by atomic mass is 10.1. The van der Waals surface area contributed by atoms with Gasteiger partial charge >= 0.3 is 0 Å². The van der Waals surface area contributed by atoms with Gasteiger partial charge in [0.15, 0.2) is 0 Å². The molecule has 22 heavy (non-hydrogen) atoms. The van der Waals surface area contributed by atoms with Crippen molar-refractivity contribution in [2.24, 2.45) is 0 Å². The summed E-state index contributed by atoms with van der Waals surface area (Å²) in [5.74, 6) is 0.0115. The van der Waals surface area contributed by atoms with E-state index >= 15 is 0 Å². The summed E-state index contributed by atoms with van der Waals surface area (Å²) in [6.07, 6.45) is 3.51. The van der Waals surface area contributed by atoms with E-state index in [1.807, 2.05) is 38.1 Å². The van der Waals surface area contributed by atoms with Crippen molar-refractivity contribution in [3.05, 3.63) is 53.9 Å². The number of carbonyl (C=O) groups is 1. The number of amides is 1. The fraction of sp³-hybridized carbons (Fsp3) is 0.294. The molecule has 2 aromatic rings. The summed E-state index contributed by atoms with van der Waals surface area (Å²) in [4.78, 5) is 18.1. The number of rotatable bonds is 6. The lowest BCUT2D eigenvalue weighted by Gasteiger charge is -2.19. The second kappa shape index (κ2) is 7.45. The van der Waals surface area contributed by atoms with Gasteiger partial charge in [0.25, 0.3) is 5.91 Å². The summed E-state index contributed by atoms with van der Waals surface area (Å²) < 4.78 is 0. The average Bonchev–Trinajstić information content (AvgIpc) is 2.55. The maximum absolute atomic E-state index is 12.3. The fourth-order valence-electron chi connectivity index (χ4n) is 2.25. The largest absolute Gasteiger partial charge is 0.397 e. The molecule has 1 aromatic carbocycles. The quantitative estimate of drug-likeness (QED) is 0.804. The molecule has 2 rings (SSSR count). The van der Waals surface area contributed by atoms with Gasteiger partial charge in [-0.15, -0.1) is 0 Å². The third-order valence-electron chi connectivity index (χ3n) is 3.58. The molecule has 0 atom stereocenters. The van der Waals surface area contributed by atoms with E-state index in [-0.39, 0.29) is 5.91 Å². The predicted molar refractivity (Wildman–Crippen MR) is 89.7 cm³/mol. The second-order valence-corrected chi connectivity index (χ2v) is 4.99. The number of benzene rings is 1. The van der Waals surface area contributed by atoms with Crippen LogP contribution < -0.4 is 11.1 Å². The van der Waals surface area contributed by atoms with E-state index in [4.69, 9.17) is 5.73 Å². The van der Waals surface area contributed by atoms with Crippen molar-refractivity contribution in [1.29, 1.82) is 0 Å². The van der Waals surface area contributed by atoms with Crippen molar-refractivity contribution in [3.63, 3.8) is 0 Å². The van der Waals surface area contributed by atoms with E-state index < -0.39 is 0 Å². The molecule has 1 heterocycles. The lowest BCUT2D eigenvalue weighted by Crippen LogP contribution is -2.30. The van der Waals surface area contributed by atoms with Crippen LogP contribution in [0.4, 0.5) is 11.4 Å². The molecule has 0 aliphatic carbocycles. The van der Waals surface area contributed by atoms with Crippen molar-refractivity contribution < 1.29 is 4.79 Å². The molecule has 0 spiro atoms. The molecule has 0 bridgehead atoms. The van der Waals surface area contributed by atoms with E-state index in [0.29, 0.717) is 30.9 Å². The minimum Gasteiger partial charge on any atom is -0.397 e. The van der Waals surface area contributed by atoms with Crippen LogP contribution in [0.1, 0.15) is 29.8 Å². The first-order valence-electron chi connectivity index (χ1n) is 7.47. The molecule has 0 radical (unpaired) electrons. The number of nitrogens with zero attached hydrogens (tertiary/aromatic N) is 2. The van der Waals surface area contributed by atoms with Gasteiger partial charge in [-0.05, 0) is 49.7 Å². The van der Waals surface area contributed by atoms with Crippen LogP contribution in [0, 0.1) is 0 Å². The van der Waals surface area contributed by atoms with Crippen molar-refractivity contribution in [2.45, 2.75) is 20.4 Å². The summed E-state index contributed by atoms with van der Waals surface area (Å²) in [6.45, 7) is 5.98. The number of nitrogens with two attached hydrogens (primary N) is 1. The molecule has 0 saturated carbocycles. The Hall–Kier alpha value is -2.56. The summed E-state index contributed by atoms with van der Waals surface area (Å²) in [7, 11) is 0. The molecule has 1 amide bonds. The Kier molecular flexibility index (Phi) is 5.36. The van der Waals surface area contributed by atoms with Crippen molar-refractivity contribution in [3.8, 4) is 0 Å². The van der Waals surface area contributed by atoms with Crippen LogP contribution in [-0.4, -0.2) is 28.9 Å². The SMILES string of the molecule is CCN(CC)C(=O)c1ccc(NCc2ccncc2)c(N)c1. The monoisotopic (exact) mass is 298 g/mol. The van der Waals surface area contributed by atoms with Crippen molar-refractivity contribution in [1.82, 2.24) is 9.88 Å². The van der Waals surface area contributed by atoms with E-state index in [9.17, 15) is 4.79 Å². The highest BCUT2D eigenvalue weighted by atomic mass is 16.2. The van der Waals surface area contributed by atoms with Crippen LogP contribution in [0.3, 0.4) is 0 Å². The Bertz CT molecular complexity index is 624. The first-order chi connectivity index (χ1) is 10.7. The van der Waals surface area contributed by atoms with Gasteiger partial charge in [0.05, 0.1) is 11.4 Å². The van der Waals surface area contributed by atoms with Crippen LogP contribution in [0.15, 0.2) is 42.7 Å². The number of aromatic nitrogens is 1. The molecule has 1 aromatic heterocycles. The van der Waals surface area contributed by atoms with Crippen LogP contribution in [0.2, 0.25) is 0 Å². The van der Waals surface area contributed by atoms with E-state index in [1.54, 1.807) is 23.4 Å². The Morgan fingerprint density at radius 1 is 1.18 bits per heavy atom. The molecule has 5 nitrogen and oxygen atoms in total. The van der Waals surface area contributed by atoms with E-state index in [2.05, 4.69) is 10.3 Å². The van der Waals surface area contributed by atoms with Gasteiger partial charge in [0, 0.05) is 37.6 Å². The number of hydrogen-bond acceptors (Lipinski definition) is 4. The molecular formula is C17H22N4O. The number of nitrogen functional groups attached to an aromatic ring is 1. The molecule has 0 saturated heterocycles. The zero-order valence-electron chi connectivity index (χ0n) is 13.0. The molecule has 5 heteroatoms.